The highest BCUT2D eigenvalue weighted by Gasteiger charge is 2.41. The number of rotatable bonds is 7. The summed E-state index contributed by atoms with van der Waals surface area (Å²) in [6, 6.07) is 0. The molecule has 1 aliphatic carbocycles. The fourth-order valence-electron chi connectivity index (χ4n) is 2.98. The predicted molar refractivity (Wildman–Crippen MR) is 74.7 cm³/mol. The van der Waals surface area contributed by atoms with Crippen LogP contribution in [0, 0.1) is 11.3 Å². The molecule has 1 fully saturated rings. The number of hydrogen-bond donors (Lipinski definition) is 1. The molecule has 1 N–H and O–H groups in total. The third-order valence-corrected chi connectivity index (χ3v) is 4.40. The number of carboxylic acids is 1. The van der Waals surface area contributed by atoms with Crippen molar-refractivity contribution in [2.45, 2.75) is 58.8 Å². The molecule has 0 aromatic heterocycles. The number of carboxylic acid groups (broad SMARTS) is 1. The molecule has 3 heteroatoms. The number of nitrogens with zero attached hydrogens (tertiary/aromatic N) is 1. The van der Waals surface area contributed by atoms with Crippen molar-refractivity contribution in [3.8, 4) is 0 Å². The van der Waals surface area contributed by atoms with E-state index < -0.39 is 11.4 Å². The molecule has 106 valence electrons. The molecule has 0 amide bonds. The molecule has 0 unspecified atom stereocenters. The molecular weight excluding hydrogens is 226 g/mol. The highest BCUT2D eigenvalue weighted by molar-refractivity contribution is 5.75. The first-order valence-corrected chi connectivity index (χ1v) is 7.42. The summed E-state index contributed by atoms with van der Waals surface area (Å²) in [4.78, 5) is 13.8. The van der Waals surface area contributed by atoms with E-state index in [2.05, 4.69) is 25.8 Å². The molecule has 18 heavy (non-hydrogen) atoms. The summed E-state index contributed by atoms with van der Waals surface area (Å²) in [5.41, 5.74) is -0.479. The molecule has 1 aliphatic rings. The highest BCUT2D eigenvalue weighted by Crippen LogP contribution is 2.39. The van der Waals surface area contributed by atoms with Crippen LogP contribution in [0.2, 0.25) is 0 Å². The summed E-state index contributed by atoms with van der Waals surface area (Å²) in [7, 11) is 2.07. The minimum Gasteiger partial charge on any atom is -0.481 e. The van der Waals surface area contributed by atoms with E-state index in [0.29, 0.717) is 5.92 Å². The van der Waals surface area contributed by atoms with Crippen LogP contribution >= 0.6 is 0 Å². The van der Waals surface area contributed by atoms with Crippen LogP contribution in [0.4, 0.5) is 0 Å². The summed E-state index contributed by atoms with van der Waals surface area (Å²) in [6.07, 6.45) is 7.46. The third kappa shape index (κ3) is 4.27. The Morgan fingerprint density at radius 2 is 1.94 bits per heavy atom. The van der Waals surface area contributed by atoms with Gasteiger partial charge in [0.15, 0.2) is 0 Å². The normalized spacial score (nSPS) is 28.6. The fraction of sp³-hybridized carbons (Fsp3) is 0.933. The van der Waals surface area contributed by atoms with Crippen molar-refractivity contribution in [1.82, 2.24) is 4.90 Å². The van der Waals surface area contributed by atoms with Crippen LogP contribution in [0.5, 0.6) is 0 Å². The molecule has 3 nitrogen and oxygen atoms in total. The molecular formula is C15H29NO2. The summed E-state index contributed by atoms with van der Waals surface area (Å²) >= 11 is 0. The quantitative estimate of drug-likeness (QED) is 0.709. The van der Waals surface area contributed by atoms with Gasteiger partial charge in [0, 0.05) is 6.54 Å². The summed E-state index contributed by atoms with van der Waals surface area (Å²) in [5.74, 6) is 0.111. The van der Waals surface area contributed by atoms with Crippen molar-refractivity contribution in [1.29, 1.82) is 0 Å². The van der Waals surface area contributed by atoms with E-state index in [0.717, 1.165) is 38.8 Å². The Bertz CT molecular complexity index is 257. The Hall–Kier alpha value is -0.570. The molecule has 0 saturated heterocycles. The van der Waals surface area contributed by atoms with Crippen molar-refractivity contribution < 1.29 is 9.90 Å². The van der Waals surface area contributed by atoms with Gasteiger partial charge >= 0.3 is 5.97 Å². The molecule has 1 saturated carbocycles. The maximum Gasteiger partial charge on any atom is 0.310 e. The molecule has 1 rings (SSSR count). The molecule has 0 aromatic rings. The van der Waals surface area contributed by atoms with E-state index in [-0.39, 0.29) is 0 Å². The second-order valence-corrected chi connectivity index (χ2v) is 6.21. The molecule has 0 atom stereocenters. The lowest BCUT2D eigenvalue weighted by Crippen LogP contribution is -2.44. The Labute approximate surface area is 112 Å². The second kappa shape index (κ2) is 7.13. The van der Waals surface area contributed by atoms with E-state index >= 15 is 0 Å². The summed E-state index contributed by atoms with van der Waals surface area (Å²) in [6.45, 7) is 6.18. The second-order valence-electron chi connectivity index (χ2n) is 6.21. The molecule has 0 heterocycles. The fourth-order valence-corrected chi connectivity index (χ4v) is 2.98. The van der Waals surface area contributed by atoms with Gasteiger partial charge in [-0.05, 0) is 51.6 Å². The minimum atomic E-state index is -0.586. The van der Waals surface area contributed by atoms with Crippen molar-refractivity contribution >= 4 is 5.97 Å². The lowest BCUT2D eigenvalue weighted by molar-refractivity contribution is -0.152. The monoisotopic (exact) mass is 255 g/mol. The molecule has 0 spiro atoms. The van der Waals surface area contributed by atoms with Crippen molar-refractivity contribution in [2.24, 2.45) is 11.3 Å². The van der Waals surface area contributed by atoms with Gasteiger partial charge in [0.25, 0.3) is 0 Å². The smallest absolute Gasteiger partial charge is 0.310 e. The van der Waals surface area contributed by atoms with Gasteiger partial charge in [-0.1, -0.05) is 26.7 Å². The van der Waals surface area contributed by atoms with E-state index in [4.69, 9.17) is 0 Å². The maximum absolute atomic E-state index is 11.6. The first kappa shape index (κ1) is 15.5. The number of hydrogen-bond acceptors (Lipinski definition) is 2. The van der Waals surface area contributed by atoms with E-state index in [1.807, 2.05) is 0 Å². The zero-order valence-electron chi connectivity index (χ0n) is 12.2. The van der Waals surface area contributed by atoms with Crippen LogP contribution in [-0.2, 0) is 4.79 Å². The van der Waals surface area contributed by atoms with Gasteiger partial charge in [-0.25, -0.2) is 0 Å². The maximum atomic E-state index is 11.6. The van der Waals surface area contributed by atoms with Crippen LogP contribution in [0.3, 0.4) is 0 Å². The average Bonchev–Trinajstić information content (AvgIpc) is 2.32. The van der Waals surface area contributed by atoms with E-state index in [9.17, 15) is 9.90 Å². The Kier molecular flexibility index (Phi) is 6.13. The zero-order chi connectivity index (χ0) is 13.6. The summed E-state index contributed by atoms with van der Waals surface area (Å²) < 4.78 is 0. The lowest BCUT2D eigenvalue weighted by Gasteiger charge is -2.38. The number of aliphatic carboxylic acids is 1. The largest absolute Gasteiger partial charge is 0.481 e. The van der Waals surface area contributed by atoms with Crippen molar-refractivity contribution in [2.75, 3.05) is 20.1 Å². The topological polar surface area (TPSA) is 40.5 Å². The molecule has 0 aromatic carbocycles. The van der Waals surface area contributed by atoms with Crippen molar-refractivity contribution in [3.63, 3.8) is 0 Å². The first-order valence-electron chi connectivity index (χ1n) is 7.42. The Morgan fingerprint density at radius 1 is 1.33 bits per heavy atom. The minimum absolute atomic E-state index is 0.479. The van der Waals surface area contributed by atoms with Crippen molar-refractivity contribution in [3.05, 3.63) is 0 Å². The Morgan fingerprint density at radius 3 is 2.44 bits per heavy atom. The van der Waals surface area contributed by atoms with Gasteiger partial charge in [0.05, 0.1) is 5.41 Å². The summed E-state index contributed by atoms with van der Waals surface area (Å²) in [5, 5.41) is 9.57. The van der Waals surface area contributed by atoms with Gasteiger partial charge in [-0.3, -0.25) is 4.79 Å². The van der Waals surface area contributed by atoms with E-state index in [1.165, 1.54) is 19.3 Å². The SMILES string of the molecule is CCCCCN(C)CC1(C(=O)O)CCC(C)CC1. The highest BCUT2D eigenvalue weighted by atomic mass is 16.4. The van der Waals surface area contributed by atoms with Gasteiger partial charge in [0.2, 0.25) is 0 Å². The van der Waals surface area contributed by atoms with Crippen LogP contribution in [0.1, 0.15) is 58.8 Å². The number of unbranched alkanes of at least 4 members (excludes halogenated alkanes) is 2. The van der Waals surface area contributed by atoms with Crippen LogP contribution in [0.15, 0.2) is 0 Å². The van der Waals surface area contributed by atoms with Gasteiger partial charge < -0.3 is 10.0 Å². The molecule has 0 aliphatic heterocycles. The van der Waals surface area contributed by atoms with Crippen LogP contribution < -0.4 is 0 Å². The lowest BCUT2D eigenvalue weighted by atomic mass is 9.70. The molecule has 0 bridgehead atoms. The predicted octanol–water partition coefficient (Wildman–Crippen LogP) is 3.39. The van der Waals surface area contributed by atoms with Gasteiger partial charge in [-0.2, -0.15) is 0 Å². The molecule has 0 radical (unpaired) electrons. The first-order chi connectivity index (χ1) is 8.50. The average molecular weight is 255 g/mol. The zero-order valence-corrected chi connectivity index (χ0v) is 12.2. The van der Waals surface area contributed by atoms with Gasteiger partial charge in [-0.15, -0.1) is 0 Å². The van der Waals surface area contributed by atoms with E-state index in [1.54, 1.807) is 0 Å². The van der Waals surface area contributed by atoms with Crippen LogP contribution in [0.25, 0.3) is 0 Å². The third-order valence-electron chi connectivity index (χ3n) is 4.40. The van der Waals surface area contributed by atoms with Gasteiger partial charge in [0.1, 0.15) is 0 Å². The standard InChI is InChI=1S/C15H29NO2/c1-4-5-6-11-16(3)12-15(14(17)18)9-7-13(2)8-10-15/h13H,4-12H2,1-3H3,(H,17,18). The Balaban J connectivity index is 2.50. The number of carbonyl (C=O) groups is 1. The van der Waals surface area contributed by atoms with Crippen LogP contribution in [-0.4, -0.2) is 36.1 Å².